The topological polar surface area (TPSA) is 0 Å². The summed E-state index contributed by atoms with van der Waals surface area (Å²) in [5.74, 6) is 0.593. The van der Waals surface area contributed by atoms with Gasteiger partial charge in [0.25, 0.3) is 0 Å². The molecule has 0 heterocycles. The fourth-order valence-corrected chi connectivity index (χ4v) is 2.30. The summed E-state index contributed by atoms with van der Waals surface area (Å²) in [6.45, 7) is 6.17. The van der Waals surface area contributed by atoms with Crippen molar-refractivity contribution in [3.63, 3.8) is 0 Å². The maximum absolute atomic E-state index is 5.73. The minimum Gasteiger partial charge on any atom is -0.0834 e. The Bertz CT molecular complexity index is 93.5. The van der Waals surface area contributed by atoms with Crippen molar-refractivity contribution in [3.05, 3.63) is 0 Å². The van der Waals surface area contributed by atoms with Crippen molar-refractivity contribution < 1.29 is 0 Å². The lowest BCUT2D eigenvalue weighted by Crippen LogP contribution is -2.23. The van der Waals surface area contributed by atoms with E-state index in [1.807, 2.05) is 6.92 Å². The number of alkyl halides is 3. The molecule has 62 valence electrons. The van der Waals surface area contributed by atoms with Crippen molar-refractivity contribution in [1.29, 1.82) is 0 Å². The molecule has 10 heavy (non-hydrogen) atoms. The molecule has 0 fully saturated rings. The Morgan fingerprint density at radius 1 is 1.20 bits per heavy atom. The standard InChI is InChI=1S/C7H13Cl3/c1-4-6(5(2)3)7(8,9)10/h5-6H,4H2,1-3H3. The van der Waals surface area contributed by atoms with Crippen LogP contribution >= 0.6 is 34.8 Å². The molecular weight excluding hydrogens is 190 g/mol. The summed E-state index contributed by atoms with van der Waals surface area (Å²) in [5.41, 5.74) is 0. The first kappa shape index (κ1) is 10.9. The van der Waals surface area contributed by atoms with E-state index < -0.39 is 3.79 Å². The maximum atomic E-state index is 5.73. The Morgan fingerprint density at radius 3 is 1.60 bits per heavy atom. The lowest BCUT2D eigenvalue weighted by molar-refractivity contribution is 0.379. The monoisotopic (exact) mass is 202 g/mol. The second-order valence-electron chi connectivity index (χ2n) is 2.80. The normalized spacial score (nSPS) is 15.9. The van der Waals surface area contributed by atoms with E-state index in [0.29, 0.717) is 5.92 Å². The van der Waals surface area contributed by atoms with Crippen LogP contribution < -0.4 is 0 Å². The third-order valence-electron chi connectivity index (χ3n) is 1.67. The van der Waals surface area contributed by atoms with Gasteiger partial charge in [-0.15, -0.1) is 0 Å². The molecule has 3 heteroatoms. The third kappa shape index (κ3) is 3.32. The summed E-state index contributed by atoms with van der Waals surface area (Å²) in [6, 6.07) is 0. The fourth-order valence-electron chi connectivity index (χ4n) is 1.08. The van der Waals surface area contributed by atoms with Gasteiger partial charge >= 0.3 is 0 Å². The molecular formula is C7H13Cl3. The lowest BCUT2D eigenvalue weighted by atomic mass is 9.95. The highest BCUT2D eigenvalue weighted by Crippen LogP contribution is 2.40. The average Bonchev–Trinajstić information content (AvgIpc) is 1.60. The largest absolute Gasteiger partial charge is 0.193 e. The summed E-state index contributed by atoms with van der Waals surface area (Å²) >= 11 is 17.2. The molecule has 0 amide bonds. The van der Waals surface area contributed by atoms with Crippen LogP contribution in [-0.4, -0.2) is 3.79 Å². The van der Waals surface area contributed by atoms with Crippen LogP contribution in [0.2, 0.25) is 0 Å². The predicted octanol–water partition coefficient (Wildman–Crippen LogP) is 4.04. The van der Waals surface area contributed by atoms with E-state index in [1.54, 1.807) is 0 Å². The van der Waals surface area contributed by atoms with Crippen LogP contribution in [0.25, 0.3) is 0 Å². The van der Waals surface area contributed by atoms with E-state index in [0.717, 1.165) is 6.42 Å². The molecule has 0 saturated heterocycles. The van der Waals surface area contributed by atoms with E-state index in [4.69, 9.17) is 34.8 Å². The Morgan fingerprint density at radius 2 is 1.60 bits per heavy atom. The van der Waals surface area contributed by atoms with E-state index in [2.05, 4.69) is 13.8 Å². The zero-order chi connectivity index (χ0) is 8.36. The Hall–Kier alpha value is 0.870. The zero-order valence-corrected chi connectivity index (χ0v) is 8.76. The van der Waals surface area contributed by atoms with Crippen molar-refractivity contribution >= 4 is 34.8 Å². The summed E-state index contributed by atoms with van der Waals surface area (Å²) in [5, 5.41) is 0. The maximum Gasteiger partial charge on any atom is 0.193 e. The second-order valence-corrected chi connectivity index (χ2v) is 5.17. The quantitative estimate of drug-likeness (QED) is 0.594. The predicted molar refractivity (Wildman–Crippen MR) is 48.9 cm³/mol. The number of hydrogen-bond donors (Lipinski definition) is 0. The zero-order valence-electron chi connectivity index (χ0n) is 6.50. The molecule has 0 saturated carbocycles. The molecule has 0 aliphatic heterocycles. The minimum absolute atomic E-state index is 0.164. The molecule has 0 aromatic carbocycles. The van der Waals surface area contributed by atoms with Crippen molar-refractivity contribution in [2.24, 2.45) is 11.8 Å². The smallest absolute Gasteiger partial charge is 0.0834 e. The lowest BCUT2D eigenvalue weighted by Gasteiger charge is -2.26. The molecule has 0 spiro atoms. The van der Waals surface area contributed by atoms with Gasteiger partial charge < -0.3 is 0 Å². The van der Waals surface area contributed by atoms with E-state index >= 15 is 0 Å². The van der Waals surface area contributed by atoms with Gasteiger partial charge in [-0.3, -0.25) is 0 Å². The van der Waals surface area contributed by atoms with Gasteiger partial charge in [-0.1, -0.05) is 55.6 Å². The van der Waals surface area contributed by atoms with Crippen LogP contribution in [0.1, 0.15) is 27.2 Å². The van der Waals surface area contributed by atoms with Gasteiger partial charge in [-0.05, 0) is 12.3 Å². The van der Waals surface area contributed by atoms with Crippen molar-refractivity contribution in [3.8, 4) is 0 Å². The second kappa shape index (κ2) is 4.04. The minimum atomic E-state index is -1.09. The van der Waals surface area contributed by atoms with Crippen molar-refractivity contribution in [2.75, 3.05) is 0 Å². The Kier molecular flexibility index (Phi) is 4.39. The van der Waals surface area contributed by atoms with Gasteiger partial charge in [0.05, 0.1) is 0 Å². The van der Waals surface area contributed by atoms with Gasteiger partial charge in [0.2, 0.25) is 0 Å². The molecule has 0 aliphatic rings. The van der Waals surface area contributed by atoms with Crippen LogP contribution in [0.3, 0.4) is 0 Å². The summed E-state index contributed by atoms with van der Waals surface area (Å²) < 4.78 is -1.09. The van der Waals surface area contributed by atoms with E-state index in [1.165, 1.54) is 0 Å². The number of hydrogen-bond acceptors (Lipinski definition) is 0. The van der Waals surface area contributed by atoms with Gasteiger partial charge in [0, 0.05) is 5.92 Å². The third-order valence-corrected chi connectivity index (χ3v) is 2.51. The molecule has 0 aromatic rings. The Balaban J connectivity index is 4.07. The fraction of sp³-hybridized carbons (Fsp3) is 1.00. The molecule has 1 atom stereocenters. The SMILES string of the molecule is CCC(C(C)C)C(Cl)(Cl)Cl. The van der Waals surface area contributed by atoms with Crippen LogP contribution in [0.15, 0.2) is 0 Å². The van der Waals surface area contributed by atoms with Crippen LogP contribution in [0.4, 0.5) is 0 Å². The highest BCUT2D eigenvalue weighted by molar-refractivity contribution is 6.67. The first-order valence-corrected chi connectivity index (χ1v) is 4.59. The first-order chi connectivity index (χ1) is 4.39. The highest BCUT2D eigenvalue weighted by atomic mass is 35.6. The molecule has 0 aliphatic carbocycles. The molecule has 0 bridgehead atoms. The van der Waals surface area contributed by atoms with Crippen molar-refractivity contribution in [2.45, 2.75) is 31.0 Å². The summed E-state index contributed by atoms with van der Waals surface area (Å²) in [6.07, 6.45) is 0.911. The van der Waals surface area contributed by atoms with Gasteiger partial charge in [0.15, 0.2) is 3.79 Å². The van der Waals surface area contributed by atoms with Crippen LogP contribution in [0, 0.1) is 11.8 Å². The molecule has 0 rings (SSSR count). The van der Waals surface area contributed by atoms with Crippen LogP contribution in [-0.2, 0) is 0 Å². The molecule has 0 aromatic heterocycles. The molecule has 0 nitrogen and oxygen atoms in total. The van der Waals surface area contributed by atoms with E-state index in [-0.39, 0.29) is 5.92 Å². The number of rotatable bonds is 2. The highest BCUT2D eigenvalue weighted by Gasteiger charge is 2.32. The first-order valence-electron chi connectivity index (χ1n) is 3.46. The molecule has 1 unspecified atom stereocenters. The van der Waals surface area contributed by atoms with E-state index in [9.17, 15) is 0 Å². The van der Waals surface area contributed by atoms with Crippen LogP contribution in [0.5, 0.6) is 0 Å². The summed E-state index contributed by atoms with van der Waals surface area (Å²) in [4.78, 5) is 0. The summed E-state index contributed by atoms with van der Waals surface area (Å²) in [7, 11) is 0. The average molecular weight is 204 g/mol. The van der Waals surface area contributed by atoms with Gasteiger partial charge in [0.1, 0.15) is 0 Å². The van der Waals surface area contributed by atoms with Crippen molar-refractivity contribution in [1.82, 2.24) is 0 Å². The molecule has 0 N–H and O–H groups in total. The Labute approximate surface area is 77.8 Å². The molecule has 0 radical (unpaired) electrons. The van der Waals surface area contributed by atoms with Gasteiger partial charge in [-0.25, -0.2) is 0 Å². The van der Waals surface area contributed by atoms with Gasteiger partial charge in [-0.2, -0.15) is 0 Å². The number of halogens is 3.